The van der Waals surface area contributed by atoms with Gasteiger partial charge in [-0.3, -0.25) is 0 Å². The summed E-state index contributed by atoms with van der Waals surface area (Å²) in [6, 6.07) is 10.4. The first-order valence-corrected chi connectivity index (χ1v) is 8.82. The molecule has 8 heteroatoms. The van der Waals surface area contributed by atoms with Crippen LogP contribution in [0.1, 0.15) is 35.1 Å². The summed E-state index contributed by atoms with van der Waals surface area (Å²) in [5.41, 5.74) is 1.76. The zero-order valence-corrected chi connectivity index (χ0v) is 15.3. The third kappa shape index (κ3) is 4.48. The lowest BCUT2D eigenvalue weighted by atomic mass is 9.92. The smallest absolute Gasteiger partial charge is 0.368 e. The average molecular weight is 415 g/mol. The highest BCUT2D eigenvalue weighted by Gasteiger charge is 2.49. The van der Waals surface area contributed by atoms with E-state index < -0.39 is 34.6 Å². The highest BCUT2D eigenvalue weighted by atomic mass is 19.4. The maximum atomic E-state index is 13.2. The van der Waals surface area contributed by atoms with Crippen LogP contribution >= 0.6 is 0 Å². The molecule has 0 bridgehead atoms. The van der Waals surface area contributed by atoms with E-state index >= 15 is 0 Å². The van der Waals surface area contributed by atoms with Crippen LogP contribution in [0.25, 0.3) is 0 Å². The van der Waals surface area contributed by atoms with Crippen LogP contribution in [0.2, 0.25) is 0 Å². The van der Waals surface area contributed by atoms with Gasteiger partial charge in [0.1, 0.15) is 0 Å². The highest BCUT2D eigenvalue weighted by Crippen LogP contribution is 2.52. The van der Waals surface area contributed by atoms with Crippen LogP contribution in [0.4, 0.5) is 26.3 Å². The van der Waals surface area contributed by atoms with Gasteiger partial charge >= 0.3 is 12.4 Å². The van der Waals surface area contributed by atoms with Crippen molar-refractivity contribution in [1.82, 2.24) is 0 Å². The van der Waals surface area contributed by atoms with E-state index in [0.29, 0.717) is 18.4 Å². The van der Waals surface area contributed by atoms with Crippen LogP contribution in [-0.2, 0) is 28.2 Å². The maximum Gasteiger partial charge on any atom is 0.416 e. The summed E-state index contributed by atoms with van der Waals surface area (Å²) < 4.78 is 84.8. The molecule has 0 amide bonds. The third-order valence-corrected chi connectivity index (χ3v) is 5.08. The molecule has 0 aliphatic heterocycles. The van der Waals surface area contributed by atoms with Gasteiger partial charge in [-0.1, -0.05) is 36.4 Å². The molecule has 1 atom stereocenters. The minimum Gasteiger partial charge on any atom is -0.368 e. The van der Waals surface area contributed by atoms with Crippen molar-refractivity contribution < 1.29 is 31.1 Å². The van der Waals surface area contributed by atoms with Crippen molar-refractivity contribution in [1.29, 1.82) is 0 Å². The quantitative estimate of drug-likeness (QED) is 0.480. The van der Waals surface area contributed by atoms with E-state index in [4.69, 9.17) is 10.5 Å². The van der Waals surface area contributed by atoms with Gasteiger partial charge in [0.15, 0.2) is 0 Å². The van der Waals surface area contributed by atoms with Crippen LogP contribution < -0.4 is 5.73 Å². The largest absolute Gasteiger partial charge is 0.416 e. The van der Waals surface area contributed by atoms with E-state index in [2.05, 4.69) is 6.58 Å². The van der Waals surface area contributed by atoms with Crippen LogP contribution in [-0.4, -0.2) is 6.61 Å². The van der Waals surface area contributed by atoms with Crippen molar-refractivity contribution in [3.63, 3.8) is 0 Å². The lowest BCUT2D eigenvalue weighted by Gasteiger charge is -2.29. The Balaban J connectivity index is 1.93. The molecule has 1 unspecified atom stereocenters. The maximum absolute atomic E-state index is 13.2. The Labute approximate surface area is 164 Å². The van der Waals surface area contributed by atoms with Crippen LogP contribution in [0.5, 0.6) is 0 Å². The number of benzene rings is 2. The molecule has 0 aromatic heterocycles. The summed E-state index contributed by atoms with van der Waals surface area (Å²) in [4.78, 5) is 0. The van der Waals surface area contributed by atoms with E-state index in [1.165, 1.54) is 6.08 Å². The second-order valence-electron chi connectivity index (χ2n) is 7.19. The first-order valence-electron chi connectivity index (χ1n) is 8.82. The molecule has 2 N–H and O–H groups in total. The molecular formula is C21H19F6NO. The molecular weight excluding hydrogens is 396 g/mol. The zero-order valence-electron chi connectivity index (χ0n) is 15.3. The molecule has 0 radical (unpaired) electrons. The van der Waals surface area contributed by atoms with Crippen molar-refractivity contribution >= 4 is 0 Å². The van der Waals surface area contributed by atoms with Gasteiger partial charge in [0.05, 0.1) is 28.9 Å². The summed E-state index contributed by atoms with van der Waals surface area (Å²) in [6.07, 6.45) is -7.77. The van der Waals surface area contributed by atoms with Gasteiger partial charge in [0.2, 0.25) is 0 Å². The number of rotatable bonds is 6. The lowest BCUT2D eigenvalue weighted by molar-refractivity contribution is -0.143. The van der Waals surface area contributed by atoms with Crippen molar-refractivity contribution in [2.45, 2.75) is 36.3 Å². The van der Waals surface area contributed by atoms with E-state index in [0.717, 1.165) is 12.1 Å². The molecule has 1 aliphatic carbocycles. The summed E-state index contributed by atoms with van der Waals surface area (Å²) in [6.45, 7) is 3.55. The molecule has 2 aromatic rings. The number of alkyl halides is 6. The van der Waals surface area contributed by atoms with Crippen LogP contribution in [0.15, 0.2) is 61.2 Å². The second-order valence-corrected chi connectivity index (χ2v) is 7.19. The van der Waals surface area contributed by atoms with Gasteiger partial charge in [-0.2, -0.15) is 26.3 Å². The van der Waals surface area contributed by atoms with Crippen molar-refractivity contribution in [3.05, 3.63) is 83.4 Å². The number of hydrogen-bond acceptors (Lipinski definition) is 2. The molecule has 156 valence electrons. The molecule has 0 heterocycles. The van der Waals surface area contributed by atoms with Gasteiger partial charge in [-0.25, -0.2) is 0 Å². The van der Waals surface area contributed by atoms with Gasteiger partial charge in [0, 0.05) is 0 Å². The van der Waals surface area contributed by atoms with E-state index in [1.807, 2.05) is 0 Å². The Hall–Kier alpha value is -2.32. The van der Waals surface area contributed by atoms with Gasteiger partial charge in [-0.05, 0) is 42.2 Å². The third-order valence-electron chi connectivity index (χ3n) is 5.08. The minimum atomic E-state index is -4.91. The first kappa shape index (κ1) is 21.4. The predicted octanol–water partition coefficient (Wildman–Crippen LogP) is 5.77. The normalized spacial score (nSPS) is 18.2. The van der Waals surface area contributed by atoms with Crippen molar-refractivity contribution in [3.8, 4) is 0 Å². The standard InChI is InChI=1S/C21H19F6NO/c1-2-18(28,14-6-4-3-5-7-14)13-29-19(8-9-19)15-10-16(20(22,23)24)12-17(11-15)21(25,26)27/h2-7,10-12H,1,8-9,13,28H2. The fraction of sp³-hybridized carbons (Fsp3) is 0.333. The Kier molecular flexibility index (Phi) is 5.29. The second kappa shape index (κ2) is 7.18. The molecule has 0 spiro atoms. The van der Waals surface area contributed by atoms with E-state index in [-0.39, 0.29) is 18.2 Å². The Bertz CT molecular complexity index is 854. The van der Waals surface area contributed by atoms with Crippen molar-refractivity contribution in [2.24, 2.45) is 5.73 Å². The van der Waals surface area contributed by atoms with Gasteiger partial charge in [0.25, 0.3) is 0 Å². The summed E-state index contributed by atoms with van der Waals surface area (Å²) in [5, 5.41) is 0. The average Bonchev–Trinajstić information content (AvgIpc) is 3.46. The summed E-state index contributed by atoms with van der Waals surface area (Å²) >= 11 is 0. The SMILES string of the molecule is C=CC(N)(COC1(c2cc(C(F)(F)F)cc(C(F)(F)F)c2)CC1)c1ccccc1. The van der Waals surface area contributed by atoms with Crippen molar-refractivity contribution in [2.75, 3.05) is 6.61 Å². The Morgan fingerprint density at radius 3 is 1.83 bits per heavy atom. The monoisotopic (exact) mass is 415 g/mol. The molecule has 0 saturated heterocycles. The molecule has 1 saturated carbocycles. The van der Waals surface area contributed by atoms with Crippen LogP contribution in [0.3, 0.4) is 0 Å². The fourth-order valence-electron chi connectivity index (χ4n) is 3.11. The first-order chi connectivity index (χ1) is 13.4. The minimum absolute atomic E-state index is 0.112. The van der Waals surface area contributed by atoms with Crippen LogP contribution in [0, 0.1) is 0 Å². The van der Waals surface area contributed by atoms with Gasteiger partial charge < -0.3 is 10.5 Å². The molecule has 1 aliphatic rings. The number of hydrogen-bond donors (Lipinski definition) is 1. The summed E-state index contributed by atoms with van der Waals surface area (Å²) in [7, 11) is 0. The van der Waals surface area contributed by atoms with Gasteiger partial charge in [-0.15, -0.1) is 6.58 Å². The summed E-state index contributed by atoms with van der Waals surface area (Å²) in [5.74, 6) is 0. The molecule has 3 rings (SSSR count). The number of ether oxygens (including phenoxy) is 1. The Morgan fingerprint density at radius 1 is 0.897 bits per heavy atom. The lowest BCUT2D eigenvalue weighted by Crippen LogP contribution is -2.40. The molecule has 1 fully saturated rings. The molecule has 2 nitrogen and oxygen atoms in total. The fourth-order valence-corrected chi connectivity index (χ4v) is 3.11. The predicted molar refractivity (Wildman–Crippen MR) is 95.8 cm³/mol. The van der Waals surface area contributed by atoms with E-state index in [9.17, 15) is 26.3 Å². The number of nitrogens with two attached hydrogens (primary N) is 1. The molecule has 2 aromatic carbocycles. The topological polar surface area (TPSA) is 35.2 Å². The zero-order chi connectivity index (χ0) is 21.5. The molecule has 29 heavy (non-hydrogen) atoms. The number of halogens is 6. The highest BCUT2D eigenvalue weighted by molar-refractivity contribution is 5.39. The Morgan fingerprint density at radius 2 is 1.41 bits per heavy atom. The van der Waals surface area contributed by atoms with E-state index in [1.54, 1.807) is 30.3 Å².